The van der Waals surface area contributed by atoms with Crippen LogP contribution in [0.25, 0.3) is 0 Å². The van der Waals surface area contributed by atoms with Crippen LogP contribution in [0.3, 0.4) is 0 Å². The number of benzene rings is 1. The molecule has 19 heavy (non-hydrogen) atoms. The molecule has 0 atom stereocenters. The van der Waals surface area contributed by atoms with Crippen molar-refractivity contribution in [2.45, 2.75) is 0 Å². The van der Waals surface area contributed by atoms with E-state index in [9.17, 15) is 14.4 Å². The van der Waals surface area contributed by atoms with E-state index < -0.39 is 17.8 Å². The van der Waals surface area contributed by atoms with E-state index in [0.29, 0.717) is 11.1 Å². The fraction of sp³-hybridized carbons (Fsp3) is 0. The number of hydrogen-bond acceptors (Lipinski definition) is 3. The van der Waals surface area contributed by atoms with Gasteiger partial charge in [0.05, 0.1) is 10.6 Å². The monoisotopic (exact) mass is 302 g/mol. The molecule has 6 nitrogen and oxygen atoms in total. The van der Waals surface area contributed by atoms with E-state index in [0.717, 1.165) is 6.08 Å². The molecule has 1 aromatic rings. The highest BCUT2D eigenvalue weighted by atomic mass is 35.5. The van der Waals surface area contributed by atoms with Crippen LogP contribution in [-0.4, -0.2) is 22.9 Å². The highest BCUT2D eigenvalue weighted by Gasteiger charge is 2.10. The van der Waals surface area contributed by atoms with Crippen molar-refractivity contribution in [1.29, 1.82) is 0 Å². The van der Waals surface area contributed by atoms with Crippen molar-refractivity contribution in [2.75, 3.05) is 0 Å². The number of hydrazine groups is 1. The summed E-state index contributed by atoms with van der Waals surface area (Å²) in [4.78, 5) is 32.9. The highest BCUT2D eigenvalue weighted by molar-refractivity contribution is 6.36. The number of carboxylic acid groups (broad SMARTS) is 1. The Labute approximate surface area is 118 Å². The Morgan fingerprint density at radius 3 is 2.37 bits per heavy atom. The smallest absolute Gasteiger partial charge is 0.328 e. The maximum Gasteiger partial charge on any atom is 0.328 e. The van der Waals surface area contributed by atoms with Crippen LogP contribution in [0.4, 0.5) is 0 Å². The molecule has 0 saturated heterocycles. The second-order valence-electron chi connectivity index (χ2n) is 3.24. The SMILES string of the molecule is O=C(O)/C=C/C(=O)NNC(=O)c1ccc(Cl)cc1Cl. The van der Waals surface area contributed by atoms with Gasteiger partial charge in [-0.25, -0.2) is 4.79 Å². The first-order valence-electron chi connectivity index (χ1n) is 4.86. The fourth-order valence-corrected chi connectivity index (χ4v) is 1.54. The summed E-state index contributed by atoms with van der Waals surface area (Å²) in [5.74, 6) is -2.72. The number of carbonyl (C=O) groups is 3. The van der Waals surface area contributed by atoms with Gasteiger partial charge in [0.25, 0.3) is 11.8 Å². The van der Waals surface area contributed by atoms with Crippen molar-refractivity contribution < 1.29 is 19.5 Å². The predicted octanol–water partition coefficient (Wildman–Crippen LogP) is 1.40. The van der Waals surface area contributed by atoms with E-state index in [-0.39, 0.29) is 10.6 Å². The van der Waals surface area contributed by atoms with E-state index in [1.165, 1.54) is 18.2 Å². The van der Waals surface area contributed by atoms with Crippen LogP contribution in [0.1, 0.15) is 10.4 Å². The van der Waals surface area contributed by atoms with Crippen LogP contribution in [0.2, 0.25) is 10.0 Å². The quantitative estimate of drug-likeness (QED) is 0.581. The molecule has 8 heteroatoms. The normalized spacial score (nSPS) is 10.2. The second-order valence-corrected chi connectivity index (χ2v) is 4.08. The van der Waals surface area contributed by atoms with Gasteiger partial charge in [0.2, 0.25) is 0 Å². The molecule has 0 fully saturated rings. The van der Waals surface area contributed by atoms with Crippen LogP contribution >= 0.6 is 23.2 Å². The lowest BCUT2D eigenvalue weighted by Gasteiger charge is -2.06. The van der Waals surface area contributed by atoms with Crippen LogP contribution in [0, 0.1) is 0 Å². The molecule has 0 aliphatic heterocycles. The highest BCUT2D eigenvalue weighted by Crippen LogP contribution is 2.20. The van der Waals surface area contributed by atoms with Gasteiger partial charge < -0.3 is 5.11 Å². The van der Waals surface area contributed by atoms with E-state index in [2.05, 4.69) is 5.43 Å². The first-order chi connectivity index (χ1) is 8.90. The fourth-order valence-electron chi connectivity index (χ4n) is 1.05. The van der Waals surface area contributed by atoms with Gasteiger partial charge in [-0.15, -0.1) is 0 Å². The zero-order chi connectivity index (χ0) is 14.4. The molecule has 0 aliphatic carbocycles. The van der Waals surface area contributed by atoms with E-state index in [4.69, 9.17) is 28.3 Å². The predicted molar refractivity (Wildman–Crippen MR) is 68.8 cm³/mol. The summed E-state index contributed by atoms with van der Waals surface area (Å²) in [7, 11) is 0. The molecule has 0 aliphatic rings. The van der Waals surface area contributed by atoms with E-state index >= 15 is 0 Å². The molecule has 0 aromatic heterocycles. The van der Waals surface area contributed by atoms with Crippen LogP contribution in [0.5, 0.6) is 0 Å². The van der Waals surface area contributed by atoms with Crippen molar-refractivity contribution in [1.82, 2.24) is 10.9 Å². The van der Waals surface area contributed by atoms with Gasteiger partial charge in [0.15, 0.2) is 0 Å². The first kappa shape index (κ1) is 15.0. The Kier molecular flexibility index (Phi) is 5.35. The Morgan fingerprint density at radius 2 is 1.79 bits per heavy atom. The lowest BCUT2D eigenvalue weighted by atomic mass is 10.2. The summed E-state index contributed by atoms with van der Waals surface area (Å²) < 4.78 is 0. The summed E-state index contributed by atoms with van der Waals surface area (Å²) >= 11 is 11.5. The molecule has 0 spiro atoms. The van der Waals surface area contributed by atoms with Crippen LogP contribution < -0.4 is 10.9 Å². The molecular weight excluding hydrogens is 295 g/mol. The van der Waals surface area contributed by atoms with Gasteiger partial charge in [-0.05, 0) is 18.2 Å². The topological polar surface area (TPSA) is 95.5 Å². The van der Waals surface area contributed by atoms with Gasteiger partial charge in [0.1, 0.15) is 0 Å². The van der Waals surface area contributed by atoms with Crippen molar-refractivity contribution in [3.8, 4) is 0 Å². The molecule has 0 bridgehead atoms. The number of carboxylic acids is 1. The van der Waals surface area contributed by atoms with Gasteiger partial charge in [0, 0.05) is 17.2 Å². The van der Waals surface area contributed by atoms with Crippen molar-refractivity contribution in [3.05, 3.63) is 46.0 Å². The Balaban J connectivity index is 2.61. The molecule has 2 amide bonds. The first-order valence-corrected chi connectivity index (χ1v) is 5.62. The summed E-state index contributed by atoms with van der Waals surface area (Å²) in [6, 6.07) is 4.23. The van der Waals surface area contributed by atoms with Gasteiger partial charge in [-0.2, -0.15) is 0 Å². The molecular formula is C11H8Cl2N2O4. The summed E-state index contributed by atoms with van der Waals surface area (Å²) in [5.41, 5.74) is 4.19. The molecule has 0 heterocycles. The standard InChI is InChI=1S/C11H8Cl2N2O4/c12-6-1-2-7(8(13)5-6)11(19)15-14-9(16)3-4-10(17)18/h1-5H,(H,14,16)(H,15,19)(H,17,18)/b4-3+. The summed E-state index contributed by atoms with van der Waals surface area (Å²) in [5, 5.41) is 8.79. The number of carbonyl (C=O) groups excluding carboxylic acids is 2. The van der Waals surface area contributed by atoms with Gasteiger partial charge in [-0.3, -0.25) is 20.4 Å². The van der Waals surface area contributed by atoms with Crippen molar-refractivity contribution in [2.24, 2.45) is 0 Å². The molecule has 1 rings (SSSR count). The van der Waals surface area contributed by atoms with Crippen LogP contribution in [0.15, 0.2) is 30.4 Å². The summed E-state index contributed by atoms with van der Waals surface area (Å²) in [6.07, 6.45) is 1.39. The third kappa shape index (κ3) is 4.99. The molecule has 0 unspecified atom stereocenters. The zero-order valence-corrected chi connectivity index (χ0v) is 10.8. The minimum atomic E-state index is -1.28. The van der Waals surface area contributed by atoms with Gasteiger partial charge >= 0.3 is 5.97 Å². The van der Waals surface area contributed by atoms with Crippen molar-refractivity contribution >= 4 is 41.0 Å². The van der Waals surface area contributed by atoms with Crippen LogP contribution in [-0.2, 0) is 9.59 Å². The molecule has 0 saturated carbocycles. The van der Waals surface area contributed by atoms with Crippen molar-refractivity contribution in [3.63, 3.8) is 0 Å². The van der Waals surface area contributed by atoms with E-state index in [1.54, 1.807) is 0 Å². The zero-order valence-electron chi connectivity index (χ0n) is 9.31. The third-order valence-corrected chi connectivity index (χ3v) is 2.40. The number of rotatable bonds is 3. The second kappa shape index (κ2) is 6.77. The minimum absolute atomic E-state index is 0.119. The molecule has 0 radical (unpaired) electrons. The molecule has 100 valence electrons. The summed E-state index contributed by atoms with van der Waals surface area (Å²) in [6.45, 7) is 0. The minimum Gasteiger partial charge on any atom is -0.478 e. The Bertz CT molecular complexity index is 558. The largest absolute Gasteiger partial charge is 0.478 e. The number of aliphatic carboxylic acids is 1. The number of nitrogens with one attached hydrogen (secondary N) is 2. The number of halogens is 2. The average Bonchev–Trinajstić information content (AvgIpc) is 2.33. The maximum absolute atomic E-state index is 11.6. The lowest BCUT2D eigenvalue weighted by Crippen LogP contribution is -2.40. The molecule has 3 N–H and O–H groups in total. The third-order valence-electron chi connectivity index (χ3n) is 1.85. The Morgan fingerprint density at radius 1 is 1.11 bits per heavy atom. The van der Waals surface area contributed by atoms with E-state index in [1.807, 2.05) is 5.43 Å². The Hall–Kier alpha value is -2.05. The molecule has 1 aromatic carbocycles. The number of hydrogen-bond donors (Lipinski definition) is 3. The lowest BCUT2D eigenvalue weighted by molar-refractivity contribution is -0.131. The average molecular weight is 303 g/mol. The maximum atomic E-state index is 11.6. The number of amides is 2. The van der Waals surface area contributed by atoms with Gasteiger partial charge in [-0.1, -0.05) is 23.2 Å².